The molecule has 1 saturated heterocycles. The predicted molar refractivity (Wildman–Crippen MR) is 109 cm³/mol. The highest BCUT2D eigenvalue weighted by Crippen LogP contribution is 2.37. The van der Waals surface area contributed by atoms with Gasteiger partial charge in [0.2, 0.25) is 10.0 Å². The molecule has 0 atom stereocenters. The van der Waals surface area contributed by atoms with Gasteiger partial charge in [0.1, 0.15) is 0 Å². The van der Waals surface area contributed by atoms with Gasteiger partial charge in [-0.1, -0.05) is 11.6 Å². The summed E-state index contributed by atoms with van der Waals surface area (Å²) < 4.78 is 93.0. The smallest absolute Gasteiger partial charge is 0.279 e. The number of anilines is 2. The van der Waals surface area contributed by atoms with Crippen molar-refractivity contribution in [3.05, 3.63) is 52.5 Å². The number of hydrogen-bond acceptors (Lipinski definition) is 4. The highest BCUT2D eigenvalue weighted by Gasteiger charge is 2.35. The largest absolute Gasteiger partial charge is 0.418 e. The molecule has 0 aliphatic carbocycles. The minimum absolute atomic E-state index is 0.00440. The number of halogens is 4. The molecule has 0 bridgehead atoms. The van der Waals surface area contributed by atoms with E-state index in [1.54, 1.807) is 0 Å². The van der Waals surface area contributed by atoms with E-state index < -0.39 is 37.5 Å². The van der Waals surface area contributed by atoms with Crippen LogP contribution in [0.4, 0.5) is 24.5 Å². The Morgan fingerprint density at radius 1 is 1.10 bits per heavy atom. The fraction of sp³-hybridized carbons (Fsp3) is 0.333. The Bertz CT molecular complexity index is 1180. The van der Waals surface area contributed by atoms with Crippen LogP contribution in [0.15, 0.2) is 41.3 Å². The molecule has 0 amide bonds. The zero-order valence-electron chi connectivity index (χ0n) is 15.7. The summed E-state index contributed by atoms with van der Waals surface area (Å²) in [6.07, 6.45) is -3.59. The number of rotatable bonds is 4. The van der Waals surface area contributed by atoms with Crippen LogP contribution in [0.5, 0.6) is 0 Å². The molecule has 0 spiro atoms. The standard InChI is InChI=1S/C18H18ClF3N2O4S2/c1-12-10-14(24-8-2-3-9-29(24,25)26)5-7-17(12)30(27,28)23-16-6-4-13(19)11-15(16)18(20,21)22/h4-7,10-11,23H,2-3,8-9H2,1H3. The van der Waals surface area contributed by atoms with Crippen LogP contribution in [0.2, 0.25) is 5.02 Å². The molecule has 1 aliphatic rings. The third-order valence-corrected chi connectivity index (χ3v) is 8.25. The van der Waals surface area contributed by atoms with Gasteiger partial charge in [0.15, 0.2) is 0 Å². The number of alkyl halides is 3. The molecule has 3 rings (SSSR count). The number of nitrogens with one attached hydrogen (secondary N) is 1. The molecule has 1 fully saturated rings. The van der Waals surface area contributed by atoms with Crippen LogP contribution in [0.3, 0.4) is 0 Å². The van der Waals surface area contributed by atoms with Crippen molar-refractivity contribution in [2.75, 3.05) is 21.3 Å². The lowest BCUT2D eigenvalue weighted by Gasteiger charge is -2.28. The van der Waals surface area contributed by atoms with Crippen LogP contribution >= 0.6 is 11.6 Å². The Hall–Kier alpha value is -1.98. The molecule has 6 nitrogen and oxygen atoms in total. The van der Waals surface area contributed by atoms with Gasteiger partial charge in [0.25, 0.3) is 10.0 Å². The van der Waals surface area contributed by atoms with E-state index in [9.17, 15) is 30.0 Å². The molecule has 30 heavy (non-hydrogen) atoms. The summed E-state index contributed by atoms with van der Waals surface area (Å²) in [4.78, 5) is -0.260. The van der Waals surface area contributed by atoms with Crippen molar-refractivity contribution in [2.45, 2.75) is 30.8 Å². The van der Waals surface area contributed by atoms with Crippen molar-refractivity contribution >= 4 is 43.0 Å². The van der Waals surface area contributed by atoms with Crippen LogP contribution in [0.1, 0.15) is 24.0 Å². The van der Waals surface area contributed by atoms with Crippen LogP contribution in [-0.4, -0.2) is 29.1 Å². The first-order valence-electron chi connectivity index (χ1n) is 8.82. The van der Waals surface area contributed by atoms with Gasteiger partial charge in [0, 0.05) is 11.6 Å². The van der Waals surface area contributed by atoms with Gasteiger partial charge in [-0.3, -0.25) is 9.03 Å². The molecule has 2 aromatic rings. The second kappa shape index (κ2) is 7.93. The Morgan fingerprint density at radius 2 is 1.80 bits per heavy atom. The van der Waals surface area contributed by atoms with Crippen LogP contribution in [0, 0.1) is 6.92 Å². The molecule has 0 aromatic heterocycles. The lowest BCUT2D eigenvalue weighted by molar-refractivity contribution is -0.136. The van der Waals surface area contributed by atoms with Gasteiger partial charge in [0.05, 0.1) is 27.6 Å². The normalized spacial score (nSPS) is 17.0. The third-order valence-electron chi connectivity index (χ3n) is 4.62. The van der Waals surface area contributed by atoms with E-state index in [4.69, 9.17) is 11.6 Å². The Morgan fingerprint density at radius 3 is 2.40 bits per heavy atom. The zero-order chi connectivity index (χ0) is 22.3. The molecule has 164 valence electrons. The summed E-state index contributed by atoms with van der Waals surface area (Å²) >= 11 is 5.62. The van der Waals surface area contributed by atoms with E-state index in [0.29, 0.717) is 24.6 Å². The first-order chi connectivity index (χ1) is 13.8. The van der Waals surface area contributed by atoms with E-state index in [1.165, 1.54) is 29.4 Å². The summed E-state index contributed by atoms with van der Waals surface area (Å²) in [7, 11) is -7.86. The molecule has 1 aliphatic heterocycles. The van der Waals surface area contributed by atoms with Crippen molar-refractivity contribution in [1.29, 1.82) is 0 Å². The lowest BCUT2D eigenvalue weighted by Crippen LogP contribution is -2.37. The van der Waals surface area contributed by atoms with Crippen molar-refractivity contribution in [2.24, 2.45) is 0 Å². The third kappa shape index (κ3) is 4.68. The van der Waals surface area contributed by atoms with Gasteiger partial charge in [-0.15, -0.1) is 0 Å². The second-order valence-corrected chi connectivity index (χ2v) is 10.9. The average Bonchev–Trinajstić information content (AvgIpc) is 2.61. The number of nitrogens with zero attached hydrogens (tertiary/aromatic N) is 1. The molecule has 1 heterocycles. The number of hydrogen-bond donors (Lipinski definition) is 1. The van der Waals surface area contributed by atoms with Crippen molar-refractivity contribution in [3.63, 3.8) is 0 Å². The zero-order valence-corrected chi connectivity index (χ0v) is 18.1. The summed E-state index contributed by atoms with van der Waals surface area (Å²) in [6.45, 7) is 1.73. The van der Waals surface area contributed by atoms with Crippen molar-refractivity contribution < 1.29 is 30.0 Å². The SMILES string of the molecule is Cc1cc(N2CCCCS2(=O)=O)ccc1S(=O)(=O)Nc1ccc(Cl)cc1C(F)(F)F. The maximum Gasteiger partial charge on any atom is 0.418 e. The molecule has 0 saturated carbocycles. The highest BCUT2D eigenvalue weighted by atomic mass is 35.5. The predicted octanol–water partition coefficient (Wildman–Crippen LogP) is 4.40. The average molecular weight is 483 g/mol. The molecule has 1 N–H and O–H groups in total. The second-order valence-electron chi connectivity index (χ2n) is 6.84. The van der Waals surface area contributed by atoms with Gasteiger partial charge in [-0.25, -0.2) is 16.8 Å². The lowest BCUT2D eigenvalue weighted by atomic mass is 10.2. The van der Waals surface area contributed by atoms with Gasteiger partial charge in [-0.05, 0) is 61.7 Å². The molecule has 2 aromatic carbocycles. The van der Waals surface area contributed by atoms with Crippen LogP contribution in [0.25, 0.3) is 0 Å². The molecular formula is C18H18ClF3N2O4S2. The molecule has 0 unspecified atom stereocenters. The quantitative estimate of drug-likeness (QED) is 0.700. The molecule has 0 radical (unpaired) electrons. The first-order valence-corrected chi connectivity index (χ1v) is 12.3. The number of aryl methyl sites for hydroxylation is 1. The minimum atomic E-state index is -4.82. The monoisotopic (exact) mass is 482 g/mol. The fourth-order valence-corrected chi connectivity index (χ4v) is 6.32. The van der Waals surface area contributed by atoms with Crippen LogP contribution in [-0.2, 0) is 26.2 Å². The van der Waals surface area contributed by atoms with Crippen molar-refractivity contribution in [1.82, 2.24) is 0 Å². The van der Waals surface area contributed by atoms with E-state index in [1.807, 2.05) is 4.72 Å². The van der Waals surface area contributed by atoms with Gasteiger partial charge in [-0.2, -0.15) is 13.2 Å². The maximum absolute atomic E-state index is 13.3. The number of benzene rings is 2. The van der Waals surface area contributed by atoms with Gasteiger partial charge < -0.3 is 0 Å². The summed E-state index contributed by atoms with van der Waals surface area (Å²) in [5.41, 5.74) is -1.36. The summed E-state index contributed by atoms with van der Waals surface area (Å²) in [5, 5.41) is -0.187. The van der Waals surface area contributed by atoms with E-state index >= 15 is 0 Å². The maximum atomic E-state index is 13.3. The fourth-order valence-electron chi connectivity index (χ4n) is 3.21. The summed E-state index contributed by atoms with van der Waals surface area (Å²) in [5.74, 6) is 0.00440. The molecular weight excluding hydrogens is 465 g/mol. The first kappa shape index (κ1) is 22.7. The van der Waals surface area contributed by atoms with Crippen molar-refractivity contribution in [3.8, 4) is 0 Å². The topological polar surface area (TPSA) is 83.6 Å². The van der Waals surface area contributed by atoms with Crippen LogP contribution < -0.4 is 9.03 Å². The summed E-state index contributed by atoms with van der Waals surface area (Å²) in [6, 6.07) is 6.62. The molecule has 12 heteroatoms. The Kier molecular flexibility index (Phi) is 6.00. The highest BCUT2D eigenvalue weighted by molar-refractivity contribution is 7.93. The number of sulfonamides is 2. The van der Waals surface area contributed by atoms with E-state index in [2.05, 4.69) is 0 Å². The Labute approximate surface area is 177 Å². The minimum Gasteiger partial charge on any atom is -0.279 e. The van der Waals surface area contributed by atoms with Gasteiger partial charge >= 0.3 is 6.18 Å². The van der Waals surface area contributed by atoms with E-state index in [-0.39, 0.29) is 27.8 Å². The van der Waals surface area contributed by atoms with E-state index in [0.717, 1.165) is 12.1 Å². The Balaban J connectivity index is 1.97.